The van der Waals surface area contributed by atoms with Crippen LogP contribution in [-0.2, 0) is 11.3 Å². The molecule has 1 fully saturated rings. The van der Waals surface area contributed by atoms with E-state index >= 15 is 0 Å². The highest BCUT2D eigenvalue weighted by Gasteiger charge is 2.33. The fraction of sp³-hybridized carbons (Fsp3) is 0.615. The third-order valence-electron chi connectivity index (χ3n) is 3.40. The van der Waals surface area contributed by atoms with Crippen molar-refractivity contribution in [3.05, 3.63) is 23.8 Å². The Bertz CT molecular complexity index is 415. The minimum absolute atomic E-state index is 0.275. The van der Waals surface area contributed by atoms with E-state index in [2.05, 4.69) is 15.3 Å². The number of nitrogens with zero attached hydrogens (tertiary/aromatic N) is 3. The molecule has 1 saturated heterocycles. The second kappa shape index (κ2) is 6.06. The molecule has 0 aromatic carbocycles. The molecular weight excluding hydrogens is 247 g/mol. The van der Waals surface area contributed by atoms with Gasteiger partial charge in [0, 0.05) is 44.9 Å². The van der Waals surface area contributed by atoms with Crippen LogP contribution in [0.1, 0.15) is 24.2 Å². The highest BCUT2D eigenvalue weighted by molar-refractivity contribution is 5.47. The first-order chi connectivity index (χ1) is 9.11. The molecule has 6 heteroatoms. The van der Waals surface area contributed by atoms with Gasteiger partial charge in [0.1, 0.15) is 11.5 Å². The van der Waals surface area contributed by atoms with E-state index in [4.69, 9.17) is 0 Å². The van der Waals surface area contributed by atoms with Crippen LogP contribution in [0, 0.1) is 6.92 Å². The van der Waals surface area contributed by atoms with Crippen molar-refractivity contribution >= 4 is 6.41 Å². The van der Waals surface area contributed by atoms with Gasteiger partial charge in [-0.1, -0.05) is 0 Å². The van der Waals surface area contributed by atoms with Gasteiger partial charge in [-0.15, -0.1) is 0 Å². The van der Waals surface area contributed by atoms with Crippen LogP contribution in [0.25, 0.3) is 0 Å². The predicted molar refractivity (Wildman–Crippen MR) is 69.2 cm³/mol. The van der Waals surface area contributed by atoms with E-state index in [0.717, 1.165) is 12.0 Å². The number of nitrogens with one attached hydrogen (secondary N) is 1. The summed E-state index contributed by atoms with van der Waals surface area (Å²) in [5.74, 6) is 0.666. The van der Waals surface area contributed by atoms with Gasteiger partial charge in [-0.3, -0.25) is 4.79 Å². The van der Waals surface area contributed by atoms with Crippen molar-refractivity contribution in [2.24, 2.45) is 0 Å². The lowest BCUT2D eigenvalue weighted by Gasteiger charge is -2.34. The normalized spacial score (nSPS) is 18.3. The first-order valence-corrected chi connectivity index (χ1v) is 6.48. The molecule has 0 radical (unpaired) electrons. The molecule has 104 valence electrons. The number of halogens is 1. The molecular formula is C13H19FN4O. The maximum atomic E-state index is 14.4. The first-order valence-electron chi connectivity index (χ1n) is 6.48. The summed E-state index contributed by atoms with van der Waals surface area (Å²) >= 11 is 0. The van der Waals surface area contributed by atoms with E-state index in [1.54, 1.807) is 17.3 Å². The fourth-order valence-electron chi connectivity index (χ4n) is 2.12. The average Bonchev–Trinajstić information content (AvgIpc) is 2.42. The van der Waals surface area contributed by atoms with Crippen molar-refractivity contribution in [3.63, 3.8) is 0 Å². The van der Waals surface area contributed by atoms with Crippen molar-refractivity contribution in [1.82, 2.24) is 20.2 Å². The van der Waals surface area contributed by atoms with Gasteiger partial charge in [0.05, 0.1) is 6.54 Å². The molecule has 1 aromatic rings. The molecule has 1 aromatic heterocycles. The van der Waals surface area contributed by atoms with Crippen LogP contribution in [-0.4, -0.2) is 46.6 Å². The molecule has 1 amide bonds. The number of hydrogen-bond donors (Lipinski definition) is 1. The molecule has 0 bridgehead atoms. The Morgan fingerprint density at radius 2 is 2.05 bits per heavy atom. The number of carbonyl (C=O) groups excluding carboxylic acids is 1. The smallest absolute Gasteiger partial charge is 0.209 e. The van der Waals surface area contributed by atoms with Crippen LogP contribution in [0.2, 0.25) is 0 Å². The molecule has 2 rings (SSSR count). The standard InChI is InChI=1S/C13H19FN4O/c1-11-6-16-12(17-7-11)8-15-9-13(14)2-4-18(10-19)5-3-13/h6-7,10,15H,2-5,8-9H2,1H3. The maximum Gasteiger partial charge on any atom is 0.209 e. The van der Waals surface area contributed by atoms with Gasteiger partial charge in [-0.2, -0.15) is 0 Å². The molecule has 0 unspecified atom stereocenters. The van der Waals surface area contributed by atoms with Crippen molar-refractivity contribution in [2.45, 2.75) is 32.0 Å². The summed E-state index contributed by atoms with van der Waals surface area (Å²) in [6, 6.07) is 0. The monoisotopic (exact) mass is 266 g/mol. The summed E-state index contributed by atoms with van der Waals surface area (Å²) < 4.78 is 14.4. The first kappa shape index (κ1) is 13.9. The maximum absolute atomic E-state index is 14.4. The third kappa shape index (κ3) is 3.96. The van der Waals surface area contributed by atoms with E-state index in [9.17, 15) is 9.18 Å². The number of rotatable bonds is 5. The molecule has 2 heterocycles. The molecule has 1 aliphatic heterocycles. The van der Waals surface area contributed by atoms with Crippen molar-refractivity contribution in [3.8, 4) is 0 Å². The SMILES string of the molecule is Cc1cnc(CNCC2(F)CCN(C=O)CC2)nc1. The largest absolute Gasteiger partial charge is 0.345 e. The molecule has 0 saturated carbocycles. The highest BCUT2D eigenvalue weighted by atomic mass is 19.1. The second-order valence-corrected chi connectivity index (χ2v) is 5.07. The Kier molecular flexibility index (Phi) is 4.42. The lowest BCUT2D eigenvalue weighted by Crippen LogP contribution is -2.46. The van der Waals surface area contributed by atoms with E-state index in [1.807, 2.05) is 6.92 Å². The summed E-state index contributed by atoms with van der Waals surface area (Å²) in [4.78, 5) is 20.5. The molecule has 5 nitrogen and oxygen atoms in total. The topological polar surface area (TPSA) is 58.1 Å². The Hall–Kier alpha value is -1.56. The number of likely N-dealkylation sites (tertiary alicyclic amines) is 1. The van der Waals surface area contributed by atoms with Crippen molar-refractivity contribution in [1.29, 1.82) is 0 Å². The minimum atomic E-state index is -1.23. The lowest BCUT2D eigenvalue weighted by atomic mass is 9.93. The van der Waals surface area contributed by atoms with Gasteiger partial charge in [0.15, 0.2) is 0 Å². The van der Waals surface area contributed by atoms with Crippen LogP contribution in [0.3, 0.4) is 0 Å². The molecule has 19 heavy (non-hydrogen) atoms. The summed E-state index contributed by atoms with van der Waals surface area (Å²) in [6.07, 6.45) is 5.05. The summed E-state index contributed by atoms with van der Waals surface area (Å²) in [6.45, 7) is 3.64. The number of aryl methyl sites for hydroxylation is 1. The molecule has 1 N–H and O–H groups in total. The van der Waals surface area contributed by atoms with Gasteiger partial charge < -0.3 is 10.2 Å². The fourth-order valence-corrected chi connectivity index (χ4v) is 2.12. The van der Waals surface area contributed by atoms with Crippen molar-refractivity contribution in [2.75, 3.05) is 19.6 Å². The van der Waals surface area contributed by atoms with Crippen LogP contribution in [0.15, 0.2) is 12.4 Å². The van der Waals surface area contributed by atoms with E-state index in [-0.39, 0.29) is 6.54 Å². The third-order valence-corrected chi connectivity index (χ3v) is 3.40. The average molecular weight is 266 g/mol. The Balaban J connectivity index is 1.76. The zero-order valence-electron chi connectivity index (χ0n) is 11.1. The predicted octanol–water partition coefficient (Wildman–Crippen LogP) is 0.835. The van der Waals surface area contributed by atoms with Gasteiger partial charge in [0.25, 0.3) is 0 Å². The number of piperidine rings is 1. The van der Waals surface area contributed by atoms with Crippen LogP contribution in [0.4, 0.5) is 4.39 Å². The Morgan fingerprint density at radius 1 is 1.42 bits per heavy atom. The molecule has 0 aliphatic carbocycles. The summed E-state index contributed by atoms with van der Waals surface area (Å²) in [5.41, 5.74) is -0.226. The number of amides is 1. The van der Waals surface area contributed by atoms with E-state index < -0.39 is 5.67 Å². The van der Waals surface area contributed by atoms with Gasteiger partial charge in [-0.05, 0) is 12.5 Å². The number of hydrogen-bond acceptors (Lipinski definition) is 4. The Labute approximate surface area is 112 Å². The van der Waals surface area contributed by atoms with E-state index in [1.165, 1.54) is 0 Å². The van der Waals surface area contributed by atoms with Crippen LogP contribution >= 0.6 is 0 Å². The molecule has 0 atom stereocenters. The minimum Gasteiger partial charge on any atom is -0.345 e. The van der Waals surface area contributed by atoms with Gasteiger partial charge in [0.2, 0.25) is 6.41 Å². The Morgan fingerprint density at radius 3 is 2.63 bits per heavy atom. The summed E-state index contributed by atoms with van der Waals surface area (Å²) in [7, 11) is 0. The van der Waals surface area contributed by atoms with Gasteiger partial charge >= 0.3 is 0 Å². The molecule has 0 spiro atoms. The van der Waals surface area contributed by atoms with E-state index in [0.29, 0.717) is 38.3 Å². The zero-order chi connectivity index (χ0) is 13.7. The van der Waals surface area contributed by atoms with Crippen LogP contribution in [0.5, 0.6) is 0 Å². The highest BCUT2D eigenvalue weighted by Crippen LogP contribution is 2.25. The lowest BCUT2D eigenvalue weighted by molar-refractivity contribution is -0.120. The van der Waals surface area contributed by atoms with Crippen molar-refractivity contribution < 1.29 is 9.18 Å². The van der Waals surface area contributed by atoms with Gasteiger partial charge in [-0.25, -0.2) is 14.4 Å². The van der Waals surface area contributed by atoms with Crippen LogP contribution < -0.4 is 5.32 Å². The summed E-state index contributed by atoms with van der Waals surface area (Å²) in [5, 5.41) is 3.06. The molecule has 1 aliphatic rings. The number of aromatic nitrogens is 2. The number of alkyl halides is 1. The second-order valence-electron chi connectivity index (χ2n) is 5.07. The number of carbonyl (C=O) groups is 1. The zero-order valence-corrected chi connectivity index (χ0v) is 11.1. The quantitative estimate of drug-likeness (QED) is 0.802.